The summed E-state index contributed by atoms with van der Waals surface area (Å²) in [4.78, 5) is 23.4. The molecule has 23 heavy (non-hydrogen) atoms. The SMILES string of the molecule is NC(=O)c1cccc(NC(=O)c2ccc(C3NNNN3)cc2)c1. The minimum absolute atomic E-state index is 0.0839. The van der Waals surface area contributed by atoms with Gasteiger partial charge in [0.15, 0.2) is 0 Å². The number of anilines is 1. The van der Waals surface area contributed by atoms with E-state index >= 15 is 0 Å². The molecule has 0 radical (unpaired) electrons. The summed E-state index contributed by atoms with van der Waals surface area (Å²) in [5, 5.41) is 2.74. The predicted molar refractivity (Wildman–Crippen MR) is 84.6 cm³/mol. The number of rotatable bonds is 4. The molecule has 0 bridgehead atoms. The summed E-state index contributed by atoms with van der Waals surface area (Å²) in [6.07, 6.45) is -0.0839. The van der Waals surface area contributed by atoms with Gasteiger partial charge in [0.1, 0.15) is 6.17 Å². The number of nitrogens with one attached hydrogen (secondary N) is 5. The first kappa shape index (κ1) is 15.1. The Morgan fingerprint density at radius 1 is 0.957 bits per heavy atom. The van der Waals surface area contributed by atoms with Gasteiger partial charge in [0.2, 0.25) is 5.91 Å². The zero-order valence-electron chi connectivity index (χ0n) is 12.1. The zero-order chi connectivity index (χ0) is 16.2. The molecule has 1 saturated heterocycles. The van der Waals surface area contributed by atoms with Gasteiger partial charge in [-0.15, -0.1) is 0 Å². The average Bonchev–Trinajstić information content (AvgIpc) is 3.09. The highest BCUT2D eigenvalue weighted by molar-refractivity contribution is 6.05. The topological polar surface area (TPSA) is 120 Å². The third kappa shape index (κ3) is 3.52. The molecule has 0 atom stereocenters. The Bertz CT molecular complexity index is 725. The van der Waals surface area contributed by atoms with Gasteiger partial charge in [0.25, 0.3) is 5.91 Å². The van der Waals surface area contributed by atoms with Crippen molar-refractivity contribution in [1.82, 2.24) is 21.9 Å². The maximum Gasteiger partial charge on any atom is 0.255 e. The molecule has 8 nitrogen and oxygen atoms in total. The number of hydrogen-bond donors (Lipinski definition) is 6. The number of carbonyl (C=O) groups is 2. The molecule has 3 rings (SSSR count). The number of primary amides is 1. The van der Waals surface area contributed by atoms with Gasteiger partial charge in [-0.05, 0) is 35.9 Å². The summed E-state index contributed by atoms with van der Waals surface area (Å²) in [6, 6.07) is 13.6. The monoisotopic (exact) mass is 312 g/mol. The summed E-state index contributed by atoms with van der Waals surface area (Å²) in [5.74, 6) is -0.800. The van der Waals surface area contributed by atoms with Crippen LogP contribution in [0.5, 0.6) is 0 Å². The third-order valence-electron chi connectivity index (χ3n) is 3.41. The molecule has 0 unspecified atom stereocenters. The standard InChI is InChI=1S/C15H16N6O2/c16-13(22)11-2-1-3-12(8-11)17-15(23)10-6-4-9(5-7-10)14-18-20-21-19-14/h1-8,14,18-21H,(H2,16,22)(H,17,23). The quantitative estimate of drug-likeness (QED) is 0.478. The Morgan fingerprint density at radius 3 is 2.30 bits per heavy atom. The van der Waals surface area contributed by atoms with Crippen LogP contribution in [0.4, 0.5) is 5.69 Å². The molecular formula is C15H16N6O2. The molecule has 1 aliphatic heterocycles. The summed E-state index contributed by atoms with van der Waals surface area (Å²) >= 11 is 0. The fourth-order valence-electron chi connectivity index (χ4n) is 2.20. The van der Waals surface area contributed by atoms with Crippen molar-refractivity contribution in [2.75, 3.05) is 5.32 Å². The number of carbonyl (C=O) groups excluding carboxylic acids is 2. The van der Waals surface area contributed by atoms with Crippen LogP contribution in [0.1, 0.15) is 32.4 Å². The number of amides is 2. The van der Waals surface area contributed by atoms with Gasteiger partial charge in [0, 0.05) is 16.8 Å². The van der Waals surface area contributed by atoms with E-state index in [9.17, 15) is 9.59 Å². The lowest BCUT2D eigenvalue weighted by molar-refractivity contribution is 0.0996. The van der Waals surface area contributed by atoms with Gasteiger partial charge in [0.05, 0.1) is 0 Å². The van der Waals surface area contributed by atoms with E-state index in [1.807, 2.05) is 12.1 Å². The van der Waals surface area contributed by atoms with E-state index in [0.717, 1.165) is 5.56 Å². The van der Waals surface area contributed by atoms with Crippen molar-refractivity contribution in [2.24, 2.45) is 5.73 Å². The Morgan fingerprint density at radius 2 is 1.65 bits per heavy atom. The van der Waals surface area contributed by atoms with Crippen LogP contribution in [0.3, 0.4) is 0 Å². The van der Waals surface area contributed by atoms with Crippen molar-refractivity contribution in [3.8, 4) is 0 Å². The number of nitrogens with two attached hydrogens (primary N) is 1. The van der Waals surface area contributed by atoms with Crippen molar-refractivity contribution in [1.29, 1.82) is 0 Å². The molecule has 118 valence electrons. The van der Waals surface area contributed by atoms with E-state index in [4.69, 9.17) is 5.73 Å². The summed E-state index contributed by atoms with van der Waals surface area (Å²) < 4.78 is 0. The Labute approximate surface area is 132 Å². The normalized spacial score (nSPS) is 14.6. The number of hydrogen-bond acceptors (Lipinski definition) is 6. The Hall–Kier alpha value is -2.78. The van der Waals surface area contributed by atoms with E-state index in [-0.39, 0.29) is 12.1 Å². The molecule has 0 aliphatic carbocycles. The lowest BCUT2D eigenvalue weighted by Crippen LogP contribution is -2.33. The van der Waals surface area contributed by atoms with Crippen LogP contribution in [-0.4, -0.2) is 11.8 Å². The Kier molecular flexibility index (Phi) is 4.31. The minimum atomic E-state index is -0.538. The van der Waals surface area contributed by atoms with Crippen LogP contribution in [0.15, 0.2) is 48.5 Å². The third-order valence-corrected chi connectivity index (χ3v) is 3.41. The lowest BCUT2D eigenvalue weighted by atomic mass is 10.1. The zero-order valence-corrected chi connectivity index (χ0v) is 12.1. The fourth-order valence-corrected chi connectivity index (χ4v) is 2.20. The van der Waals surface area contributed by atoms with Crippen molar-refractivity contribution >= 4 is 17.5 Å². The van der Waals surface area contributed by atoms with Gasteiger partial charge < -0.3 is 11.1 Å². The molecule has 2 aromatic rings. The second-order valence-electron chi connectivity index (χ2n) is 4.99. The van der Waals surface area contributed by atoms with Crippen LogP contribution in [0.25, 0.3) is 0 Å². The molecular weight excluding hydrogens is 296 g/mol. The maximum absolute atomic E-state index is 12.2. The van der Waals surface area contributed by atoms with Crippen molar-refractivity contribution in [3.63, 3.8) is 0 Å². The molecule has 1 aliphatic rings. The van der Waals surface area contributed by atoms with Gasteiger partial charge in [-0.3, -0.25) is 9.59 Å². The molecule has 1 heterocycles. The molecule has 2 aromatic carbocycles. The summed E-state index contributed by atoms with van der Waals surface area (Å²) in [5.41, 5.74) is 18.9. The van der Waals surface area contributed by atoms with Crippen LogP contribution in [0.2, 0.25) is 0 Å². The number of benzene rings is 2. The molecule has 1 fully saturated rings. The first-order chi connectivity index (χ1) is 11.1. The summed E-state index contributed by atoms with van der Waals surface area (Å²) in [7, 11) is 0. The molecule has 8 heteroatoms. The van der Waals surface area contributed by atoms with Gasteiger partial charge in [-0.2, -0.15) is 11.1 Å². The van der Waals surface area contributed by atoms with E-state index < -0.39 is 5.91 Å². The fraction of sp³-hybridized carbons (Fsp3) is 0.0667. The second-order valence-corrected chi connectivity index (χ2v) is 4.99. The molecule has 0 aromatic heterocycles. The second kappa shape index (κ2) is 6.55. The first-order valence-corrected chi connectivity index (χ1v) is 6.96. The highest BCUT2D eigenvalue weighted by atomic mass is 16.2. The molecule has 2 amide bonds. The van der Waals surface area contributed by atoms with Crippen molar-refractivity contribution < 1.29 is 9.59 Å². The van der Waals surface area contributed by atoms with E-state index in [2.05, 4.69) is 27.2 Å². The van der Waals surface area contributed by atoms with Crippen LogP contribution in [-0.2, 0) is 0 Å². The van der Waals surface area contributed by atoms with Gasteiger partial charge >= 0.3 is 0 Å². The highest BCUT2D eigenvalue weighted by Gasteiger charge is 2.15. The average molecular weight is 312 g/mol. The van der Waals surface area contributed by atoms with Crippen LogP contribution >= 0.6 is 0 Å². The van der Waals surface area contributed by atoms with Crippen LogP contribution in [0, 0.1) is 0 Å². The minimum Gasteiger partial charge on any atom is -0.366 e. The van der Waals surface area contributed by atoms with E-state index in [1.54, 1.807) is 30.3 Å². The van der Waals surface area contributed by atoms with Crippen LogP contribution < -0.4 is 33.0 Å². The lowest BCUT2D eigenvalue weighted by Gasteiger charge is -2.10. The van der Waals surface area contributed by atoms with E-state index in [0.29, 0.717) is 16.8 Å². The van der Waals surface area contributed by atoms with E-state index in [1.165, 1.54) is 6.07 Å². The van der Waals surface area contributed by atoms with Gasteiger partial charge in [-0.1, -0.05) is 18.2 Å². The molecule has 0 spiro atoms. The number of hydrazine groups is 3. The largest absolute Gasteiger partial charge is 0.366 e. The molecule has 0 saturated carbocycles. The predicted octanol–water partition coefficient (Wildman–Crippen LogP) is 0.153. The summed E-state index contributed by atoms with van der Waals surface area (Å²) in [6.45, 7) is 0. The van der Waals surface area contributed by atoms with Gasteiger partial charge in [-0.25, -0.2) is 10.9 Å². The maximum atomic E-state index is 12.2. The van der Waals surface area contributed by atoms with Crippen molar-refractivity contribution in [2.45, 2.75) is 6.17 Å². The highest BCUT2D eigenvalue weighted by Crippen LogP contribution is 2.15. The molecule has 7 N–H and O–H groups in total. The van der Waals surface area contributed by atoms with Crippen molar-refractivity contribution in [3.05, 3.63) is 65.2 Å². The first-order valence-electron chi connectivity index (χ1n) is 6.96. The smallest absolute Gasteiger partial charge is 0.255 e. The Balaban J connectivity index is 1.70.